The summed E-state index contributed by atoms with van der Waals surface area (Å²) in [5.41, 5.74) is 4.01. The molecule has 0 spiro atoms. The number of nitrogens with zero attached hydrogens (tertiary/aromatic N) is 2. The van der Waals surface area contributed by atoms with Gasteiger partial charge >= 0.3 is 0 Å². The van der Waals surface area contributed by atoms with Crippen molar-refractivity contribution in [1.29, 1.82) is 0 Å². The molecule has 0 unspecified atom stereocenters. The number of halogens is 1. The predicted molar refractivity (Wildman–Crippen MR) is 115 cm³/mol. The topological polar surface area (TPSA) is 119 Å². The van der Waals surface area contributed by atoms with Crippen LogP contribution < -0.4 is 5.32 Å². The van der Waals surface area contributed by atoms with Crippen molar-refractivity contribution in [2.75, 3.05) is 13.1 Å². The molecule has 0 saturated heterocycles. The molecule has 1 aliphatic rings. The van der Waals surface area contributed by atoms with Crippen LogP contribution in [0.3, 0.4) is 0 Å². The molecule has 1 aromatic heterocycles. The largest absolute Gasteiger partial charge is 0.507 e. The first-order valence-corrected chi connectivity index (χ1v) is 10.1. The first kappa shape index (κ1) is 20.7. The lowest BCUT2D eigenvalue weighted by molar-refractivity contribution is -0.131. The van der Waals surface area contributed by atoms with E-state index in [2.05, 4.69) is 15.5 Å². The summed E-state index contributed by atoms with van der Waals surface area (Å²) in [5, 5.41) is 29.9. The van der Waals surface area contributed by atoms with Crippen LogP contribution in [-0.4, -0.2) is 50.2 Å². The first-order chi connectivity index (χ1) is 14.8. The van der Waals surface area contributed by atoms with Gasteiger partial charge in [0.05, 0.1) is 11.6 Å². The minimum Gasteiger partial charge on any atom is -0.507 e. The number of amides is 2. The number of aromatic hydroxyl groups is 2. The van der Waals surface area contributed by atoms with Crippen LogP contribution >= 0.6 is 11.6 Å². The Hall–Kier alpha value is -3.52. The van der Waals surface area contributed by atoms with Gasteiger partial charge in [0.15, 0.2) is 0 Å². The fourth-order valence-corrected chi connectivity index (χ4v) is 3.71. The molecule has 2 aromatic carbocycles. The predicted octanol–water partition coefficient (Wildman–Crippen LogP) is 2.76. The number of aromatic nitrogens is 2. The van der Waals surface area contributed by atoms with E-state index < -0.39 is 0 Å². The van der Waals surface area contributed by atoms with E-state index in [-0.39, 0.29) is 41.4 Å². The lowest BCUT2D eigenvalue weighted by Crippen LogP contribution is -2.42. The van der Waals surface area contributed by atoms with Crippen LogP contribution in [0.1, 0.15) is 27.2 Å². The number of rotatable bonds is 4. The number of phenolic OH excluding ortho intramolecular Hbond substituents is 2. The molecule has 8 nitrogen and oxygen atoms in total. The summed E-state index contributed by atoms with van der Waals surface area (Å²) in [5.74, 6) is -0.914. The van der Waals surface area contributed by atoms with Crippen molar-refractivity contribution in [1.82, 2.24) is 20.4 Å². The zero-order valence-electron chi connectivity index (χ0n) is 16.8. The van der Waals surface area contributed by atoms with Crippen molar-refractivity contribution in [2.45, 2.75) is 19.9 Å². The molecule has 0 aliphatic carbocycles. The highest BCUT2D eigenvalue weighted by Gasteiger charge is 2.27. The number of aromatic amines is 1. The van der Waals surface area contributed by atoms with E-state index in [0.29, 0.717) is 29.8 Å². The smallest absolute Gasteiger partial charge is 0.251 e. The maximum absolute atomic E-state index is 12.7. The Balaban J connectivity index is 1.47. The summed E-state index contributed by atoms with van der Waals surface area (Å²) in [4.78, 5) is 26.6. The number of aryl methyl sites for hydroxylation is 1. The molecule has 0 fully saturated rings. The van der Waals surface area contributed by atoms with Crippen molar-refractivity contribution in [2.24, 2.45) is 0 Å². The van der Waals surface area contributed by atoms with E-state index >= 15 is 0 Å². The van der Waals surface area contributed by atoms with Gasteiger partial charge in [-0.05, 0) is 25.1 Å². The molecular formula is C22H21ClN4O4. The molecule has 2 heterocycles. The molecule has 1 aliphatic heterocycles. The van der Waals surface area contributed by atoms with Crippen LogP contribution in [0.25, 0.3) is 11.3 Å². The zero-order chi connectivity index (χ0) is 22.1. The third kappa shape index (κ3) is 4.20. The Kier molecular flexibility index (Phi) is 5.56. The summed E-state index contributed by atoms with van der Waals surface area (Å²) >= 11 is 5.99. The lowest BCUT2D eigenvalue weighted by Gasteiger charge is -2.27. The van der Waals surface area contributed by atoms with E-state index in [1.807, 2.05) is 19.1 Å². The molecule has 4 N–H and O–H groups in total. The average Bonchev–Trinajstić information content (AvgIpc) is 3.18. The number of H-pyrrole nitrogens is 1. The van der Waals surface area contributed by atoms with E-state index in [4.69, 9.17) is 11.6 Å². The highest BCUT2D eigenvalue weighted by atomic mass is 35.5. The van der Waals surface area contributed by atoms with Crippen LogP contribution in [0.2, 0.25) is 5.02 Å². The van der Waals surface area contributed by atoms with Gasteiger partial charge < -0.3 is 20.4 Å². The molecule has 0 bridgehead atoms. The fraction of sp³-hybridized carbons (Fsp3) is 0.227. The van der Waals surface area contributed by atoms with Crippen LogP contribution in [0, 0.1) is 6.92 Å². The summed E-state index contributed by atoms with van der Waals surface area (Å²) in [6.45, 7) is 2.58. The quantitative estimate of drug-likeness (QED) is 0.497. The van der Waals surface area contributed by atoms with Gasteiger partial charge in [-0.15, -0.1) is 0 Å². The summed E-state index contributed by atoms with van der Waals surface area (Å²) in [6, 6.07) is 9.71. The number of benzene rings is 2. The number of hydrogen-bond acceptors (Lipinski definition) is 5. The molecule has 31 heavy (non-hydrogen) atoms. The third-order valence-corrected chi connectivity index (χ3v) is 5.62. The Morgan fingerprint density at radius 3 is 2.68 bits per heavy atom. The molecule has 160 valence electrons. The second-order valence-electron chi connectivity index (χ2n) is 7.46. The van der Waals surface area contributed by atoms with Gasteiger partial charge in [0, 0.05) is 48.0 Å². The van der Waals surface area contributed by atoms with Crippen LogP contribution in [0.5, 0.6) is 11.5 Å². The highest BCUT2D eigenvalue weighted by Crippen LogP contribution is 2.39. The van der Waals surface area contributed by atoms with Crippen molar-refractivity contribution in [3.8, 4) is 22.8 Å². The van der Waals surface area contributed by atoms with Crippen LogP contribution in [0.4, 0.5) is 0 Å². The minimum absolute atomic E-state index is 0.0899. The minimum atomic E-state index is -0.307. The number of carbonyl (C=O) groups is 2. The summed E-state index contributed by atoms with van der Waals surface area (Å²) in [6.07, 6.45) is 0.562. The maximum Gasteiger partial charge on any atom is 0.251 e. The van der Waals surface area contributed by atoms with Gasteiger partial charge in [-0.3, -0.25) is 14.7 Å². The molecule has 0 atom stereocenters. The number of carbonyl (C=O) groups excluding carboxylic acids is 2. The number of nitrogens with one attached hydrogen (secondary N) is 2. The first-order valence-electron chi connectivity index (χ1n) is 9.74. The number of fused-ring (bicyclic) bond motifs is 1. The van der Waals surface area contributed by atoms with Crippen LogP contribution in [-0.2, 0) is 17.8 Å². The number of phenols is 2. The normalized spacial score (nSPS) is 13.0. The fourth-order valence-electron chi connectivity index (χ4n) is 3.55. The molecule has 0 radical (unpaired) electrons. The van der Waals surface area contributed by atoms with Gasteiger partial charge in [-0.25, -0.2) is 0 Å². The van der Waals surface area contributed by atoms with Gasteiger partial charge in [0.1, 0.15) is 17.2 Å². The highest BCUT2D eigenvalue weighted by molar-refractivity contribution is 6.32. The molecular weight excluding hydrogens is 420 g/mol. The Morgan fingerprint density at radius 1 is 1.19 bits per heavy atom. The van der Waals surface area contributed by atoms with E-state index in [9.17, 15) is 19.8 Å². The van der Waals surface area contributed by atoms with Crippen molar-refractivity contribution < 1.29 is 19.8 Å². The van der Waals surface area contributed by atoms with E-state index in [1.54, 1.807) is 17.0 Å². The number of hydrogen-bond donors (Lipinski definition) is 4. The van der Waals surface area contributed by atoms with Gasteiger partial charge in [0.2, 0.25) is 5.91 Å². The third-order valence-electron chi connectivity index (χ3n) is 5.32. The standard InChI is InChI=1S/C22H21ClN4O4/c1-12-2-4-13(5-3-12)22(31)24-10-20(30)27-7-6-17-15(11-27)21(26-25-17)14-8-16(23)19(29)9-18(14)28/h2-5,8-9,28-29H,6-7,10-11H2,1H3,(H,24,31)(H,25,26). The SMILES string of the molecule is Cc1ccc(C(=O)NCC(=O)N2CCc3[nH]nc(-c4cc(Cl)c(O)cc4O)c3C2)cc1. The molecule has 4 rings (SSSR count). The molecule has 0 saturated carbocycles. The van der Waals surface area contributed by atoms with Gasteiger partial charge in [-0.2, -0.15) is 5.10 Å². The van der Waals surface area contributed by atoms with Crippen molar-refractivity contribution >= 4 is 23.4 Å². The average molecular weight is 441 g/mol. The van der Waals surface area contributed by atoms with Gasteiger partial charge in [-0.1, -0.05) is 29.3 Å². The van der Waals surface area contributed by atoms with E-state index in [0.717, 1.165) is 22.9 Å². The van der Waals surface area contributed by atoms with E-state index in [1.165, 1.54) is 6.07 Å². The second-order valence-corrected chi connectivity index (χ2v) is 7.87. The Labute approximate surface area is 183 Å². The second kappa shape index (κ2) is 8.31. The maximum atomic E-state index is 12.7. The molecule has 2 amide bonds. The molecule has 3 aromatic rings. The van der Waals surface area contributed by atoms with Gasteiger partial charge in [0.25, 0.3) is 5.91 Å². The zero-order valence-corrected chi connectivity index (χ0v) is 17.5. The summed E-state index contributed by atoms with van der Waals surface area (Å²) < 4.78 is 0. The lowest BCUT2D eigenvalue weighted by atomic mass is 10.00. The Morgan fingerprint density at radius 2 is 1.94 bits per heavy atom. The van der Waals surface area contributed by atoms with Crippen molar-refractivity contribution in [3.05, 3.63) is 63.8 Å². The van der Waals surface area contributed by atoms with Crippen molar-refractivity contribution in [3.63, 3.8) is 0 Å². The van der Waals surface area contributed by atoms with Crippen LogP contribution in [0.15, 0.2) is 36.4 Å². The Bertz CT molecular complexity index is 1160. The summed E-state index contributed by atoms with van der Waals surface area (Å²) in [7, 11) is 0. The monoisotopic (exact) mass is 440 g/mol. The molecule has 9 heteroatoms.